The molecule has 0 atom stereocenters. The molecule has 0 radical (unpaired) electrons. The third kappa shape index (κ3) is 4.87. The zero-order valence-electron chi connectivity index (χ0n) is 17.6. The molecule has 3 aromatic carbocycles. The Kier molecular flexibility index (Phi) is 6.28. The molecule has 5 rings (SSSR count). The second-order valence-corrected chi connectivity index (χ2v) is 9.01. The number of halogens is 1. The molecule has 2 N–H and O–H groups in total. The van der Waals surface area contributed by atoms with Gasteiger partial charge in [0.1, 0.15) is 0 Å². The van der Waals surface area contributed by atoms with Crippen LogP contribution in [0.3, 0.4) is 0 Å². The van der Waals surface area contributed by atoms with Crippen molar-refractivity contribution in [2.24, 2.45) is 0 Å². The van der Waals surface area contributed by atoms with Crippen molar-refractivity contribution in [1.82, 2.24) is 10.3 Å². The van der Waals surface area contributed by atoms with Gasteiger partial charge in [-0.3, -0.25) is 4.79 Å². The normalized spacial score (nSPS) is 12.5. The highest BCUT2D eigenvalue weighted by atomic mass is 35.5. The Labute approximate surface area is 200 Å². The molecule has 0 spiro atoms. The summed E-state index contributed by atoms with van der Waals surface area (Å²) in [5.41, 5.74) is 4.11. The Bertz CT molecular complexity index is 1330. The van der Waals surface area contributed by atoms with E-state index >= 15 is 0 Å². The number of thioether (sulfide) groups is 1. The molecule has 4 aromatic rings. The number of aromatic nitrogens is 1. The minimum Gasteiger partial charge on any atom is -0.454 e. The van der Waals surface area contributed by atoms with E-state index in [2.05, 4.69) is 22.4 Å². The first-order valence-corrected chi connectivity index (χ1v) is 11.9. The predicted octanol–water partition coefficient (Wildman–Crippen LogP) is 6.14. The maximum Gasteiger partial charge on any atom is 0.244 e. The van der Waals surface area contributed by atoms with E-state index in [0.29, 0.717) is 17.3 Å². The molecule has 0 bridgehead atoms. The Morgan fingerprint density at radius 3 is 2.76 bits per heavy atom. The zero-order valence-corrected chi connectivity index (χ0v) is 19.2. The van der Waals surface area contributed by atoms with Crippen LogP contribution in [0.1, 0.15) is 5.56 Å². The van der Waals surface area contributed by atoms with Crippen LogP contribution in [0.15, 0.2) is 77.7 Å². The Morgan fingerprint density at radius 1 is 1.06 bits per heavy atom. The molecule has 1 aromatic heterocycles. The maximum atomic E-state index is 12.3. The van der Waals surface area contributed by atoms with Crippen LogP contribution in [0.4, 0.5) is 0 Å². The zero-order chi connectivity index (χ0) is 22.6. The summed E-state index contributed by atoms with van der Waals surface area (Å²) < 4.78 is 10.7. The molecule has 1 aliphatic heterocycles. The van der Waals surface area contributed by atoms with E-state index in [4.69, 9.17) is 21.1 Å². The molecule has 0 aliphatic carbocycles. The first kappa shape index (κ1) is 21.5. The third-order valence-corrected chi connectivity index (χ3v) is 6.64. The van der Waals surface area contributed by atoms with Gasteiger partial charge in [-0.05, 0) is 47.5 Å². The van der Waals surface area contributed by atoms with E-state index in [1.54, 1.807) is 17.8 Å². The number of ether oxygens (including phenoxy) is 2. The van der Waals surface area contributed by atoms with Gasteiger partial charge >= 0.3 is 0 Å². The first-order chi connectivity index (χ1) is 16.2. The number of benzene rings is 3. The van der Waals surface area contributed by atoms with Crippen molar-refractivity contribution in [3.63, 3.8) is 0 Å². The van der Waals surface area contributed by atoms with Crippen molar-refractivity contribution < 1.29 is 14.3 Å². The highest BCUT2D eigenvalue weighted by Crippen LogP contribution is 2.38. The molecule has 166 valence electrons. The lowest BCUT2D eigenvalue weighted by Crippen LogP contribution is -2.23. The summed E-state index contributed by atoms with van der Waals surface area (Å²) in [5, 5.41) is 4.83. The van der Waals surface area contributed by atoms with Crippen LogP contribution in [0, 0.1) is 0 Å². The molecule has 0 saturated carbocycles. The maximum absolute atomic E-state index is 12.3. The highest BCUT2D eigenvalue weighted by Gasteiger charge is 2.14. The minimum atomic E-state index is -0.134. The van der Waals surface area contributed by atoms with Crippen LogP contribution >= 0.6 is 23.4 Å². The molecule has 0 unspecified atom stereocenters. The van der Waals surface area contributed by atoms with Gasteiger partial charge in [-0.2, -0.15) is 0 Å². The SMILES string of the molecule is O=C(C=Cc1ccc2c(c1)OCO2)NCCSc1c(-c2ccc(Cl)cc2)[nH]c2ccccc12. The molecular weight excluding hydrogens is 456 g/mol. The van der Waals surface area contributed by atoms with Gasteiger partial charge in [0, 0.05) is 39.2 Å². The van der Waals surface area contributed by atoms with Crippen LogP contribution in [0.2, 0.25) is 5.02 Å². The topological polar surface area (TPSA) is 63.4 Å². The van der Waals surface area contributed by atoms with E-state index in [1.165, 1.54) is 11.5 Å². The van der Waals surface area contributed by atoms with E-state index < -0.39 is 0 Å². The molecular formula is C26H21ClN2O3S. The van der Waals surface area contributed by atoms with E-state index in [9.17, 15) is 4.79 Å². The van der Waals surface area contributed by atoms with Gasteiger partial charge in [-0.1, -0.05) is 48.0 Å². The standard InChI is InChI=1S/C26H21ClN2O3S/c27-19-9-7-18(8-10-19)25-26(20-3-1-2-4-21(20)29-25)33-14-13-28-24(30)12-6-17-5-11-22-23(15-17)32-16-31-22/h1-12,15,29H,13-14,16H2,(H,28,30). The average molecular weight is 477 g/mol. The lowest BCUT2D eigenvalue weighted by Gasteiger charge is -2.06. The van der Waals surface area contributed by atoms with Crippen molar-refractivity contribution in [1.29, 1.82) is 0 Å². The van der Waals surface area contributed by atoms with Crippen molar-refractivity contribution in [3.05, 3.63) is 83.4 Å². The van der Waals surface area contributed by atoms with Gasteiger partial charge < -0.3 is 19.8 Å². The number of carbonyl (C=O) groups is 1. The smallest absolute Gasteiger partial charge is 0.244 e. The number of rotatable bonds is 7. The molecule has 1 aliphatic rings. The number of nitrogens with one attached hydrogen (secondary N) is 2. The average Bonchev–Trinajstić information content (AvgIpc) is 3.45. The van der Waals surface area contributed by atoms with Crippen LogP contribution in [-0.4, -0.2) is 30.0 Å². The summed E-state index contributed by atoms with van der Waals surface area (Å²) in [6, 6.07) is 21.6. The molecule has 7 heteroatoms. The summed E-state index contributed by atoms with van der Waals surface area (Å²) in [6.45, 7) is 0.783. The molecule has 2 heterocycles. The number of amides is 1. The number of fused-ring (bicyclic) bond motifs is 2. The summed E-state index contributed by atoms with van der Waals surface area (Å²) in [7, 11) is 0. The summed E-state index contributed by atoms with van der Waals surface area (Å²) in [5.74, 6) is 2.03. The summed E-state index contributed by atoms with van der Waals surface area (Å²) in [4.78, 5) is 17.0. The number of aromatic amines is 1. The summed E-state index contributed by atoms with van der Waals surface area (Å²) >= 11 is 7.78. The Morgan fingerprint density at radius 2 is 1.88 bits per heavy atom. The van der Waals surface area contributed by atoms with Crippen molar-refractivity contribution >= 4 is 46.2 Å². The Hall–Kier alpha value is -3.35. The molecule has 0 saturated heterocycles. The monoisotopic (exact) mass is 476 g/mol. The molecule has 1 amide bonds. The van der Waals surface area contributed by atoms with Crippen molar-refractivity contribution in [3.8, 4) is 22.8 Å². The van der Waals surface area contributed by atoms with Gasteiger partial charge in [0.05, 0.1) is 5.69 Å². The van der Waals surface area contributed by atoms with E-state index in [-0.39, 0.29) is 12.7 Å². The van der Waals surface area contributed by atoms with Gasteiger partial charge in [0.2, 0.25) is 12.7 Å². The fourth-order valence-corrected chi connectivity index (χ4v) is 4.84. The third-order valence-electron chi connectivity index (χ3n) is 5.26. The van der Waals surface area contributed by atoms with Gasteiger partial charge in [0.25, 0.3) is 0 Å². The van der Waals surface area contributed by atoms with Crippen LogP contribution in [-0.2, 0) is 4.79 Å². The highest BCUT2D eigenvalue weighted by molar-refractivity contribution is 7.99. The van der Waals surface area contributed by atoms with Gasteiger partial charge in [-0.25, -0.2) is 0 Å². The number of hydrogen-bond donors (Lipinski definition) is 2. The Balaban J connectivity index is 1.22. The summed E-state index contributed by atoms with van der Waals surface area (Å²) in [6.07, 6.45) is 3.30. The number of carbonyl (C=O) groups excluding carboxylic acids is 1. The first-order valence-electron chi connectivity index (χ1n) is 10.5. The second kappa shape index (κ2) is 9.65. The quantitative estimate of drug-likeness (QED) is 0.191. The lowest BCUT2D eigenvalue weighted by molar-refractivity contribution is -0.116. The number of hydrogen-bond acceptors (Lipinski definition) is 4. The number of H-pyrrole nitrogens is 1. The molecule has 5 nitrogen and oxygen atoms in total. The van der Waals surface area contributed by atoms with Gasteiger partial charge in [-0.15, -0.1) is 11.8 Å². The van der Waals surface area contributed by atoms with E-state index in [0.717, 1.165) is 38.7 Å². The minimum absolute atomic E-state index is 0.134. The van der Waals surface area contributed by atoms with Crippen LogP contribution < -0.4 is 14.8 Å². The van der Waals surface area contributed by atoms with Crippen molar-refractivity contribution in [2.45, 2.75) is 4.90 Å². The lowest BCUT2D eigenvalue weighted by atomic mass is 10.1. The molecule has 0 fully saturated rings. The second-order valence-electron chi connectivity index (χ2n) is 7.47. The van der Waals surface area contributed by atoms with E-state index in [1.807, 2.05) is 54.6 Å². The fourth-order valence-electron chi connectivity index (χ4n) is 3.66. The fraction of sp³-hybridized carbons (Fsp3) is 0.115. The predicted molar refractivity (Wildman–Crippen MR) is 134 cm³/mol. The van der Waals surface area contributed by atoms with Crippen molar-refractivity contribution in [2.75, 3.05) is 19.1 Å². The van der Waals surface area contributed by atoms with Crippen LogP contribution in [0.25, 0.3) is 28.2 Å². The number of para-hydroxylation sites is 1. The van der Waals surface area contributed by atoms with Crippen LogP contribution in [0.5, 0.6) is 11.5 Å². The largest absolute Gasteiger partial charge is 0.454 e. The van der Waals surface area contributed by atoms with Gasteiger partial charge in [0.15, 0.2) is 11.5 Å². The molecule has 33 heavy (non-hydrogen) atoms.